The van der Waals surface area contributed by atoms with Crippen molar-refractivity contribution in [1.29, 1.82) is 5.26 Å². The fraction of sp³-hybridized carbons (Fsp3) is 0.182. The summed E-state index contributed by atoms with van der Waals surface area (Å²) in [6.45, 7) is 0. The van der Waals surface area contributed by atoms with Gasteiger partial charge in [-0.25, -0.2) is 0 Å². The summed E-state index contributed by atoms with van der Waals surface area (Å²) in [6.07, 6.45) is 0. The highest BCUT2D eigenvalue weighted by Crippen LogP contribution is 2.26. The van der Waals surface area contributed by atoms with Gasteiger partial charge in [-0.05, 0) is 17.7 Å². The highest BCUT2D eigenvalue weighted by atomic mass is 35.5. The maximum absolute atomic E-state index is 8.75. The average Bonchev–Trinajstić information content (AvgIpc) is 2.68. The third-order valence-corrected chi connectivity index (χ3v) is 3.83. The minimum atomic E-state index is 0.378. The van der Waals surface area contributed by atoms with Crippen molar-refractivity contribution in [3.05, 3.63) is 34.3 Å². The number of halogens is 1. The predicted octanol–water partition coefficient (Wildman–Crippen LogP) is 2.21. The Morgan fingerprint density at radius 3 is 2.83 bits per heavy atom. The number of hydrogen-bond donors (Lipinski definition) is 1. The molecule has 2 rings (SSSR count). The van der Waals surface area contributed by atoms with E-state index in [9.17, 15) is 0 Å². The fourth-order valence-electron chi connectivity index (χ4n) is 1.33. The Labute approximate surface area is 114 Å². The lowest BCUT2D eigenvalue weighted by Gasteiger charge is -2.04. The summed E-state index contributed by atoms with van der Waals surface area (Å²) in [6, 6.07) is 7.29. The van der Waals surface area contributed by atoms with Crippen LogP contribution in [0.1, 0.15) is 11.1 Å². The number of thioether (sulfide) groups is 1. The van der Waals surface area contributed by atoms with Gasteiger partial charge in [0.1, 0.15) is 0 Å². The van der Waals surface area contributed by atoms with E-state index in [1.807, 2.05) is 12.1 Å². The highest BCUT2D eigenvalue weighted by molar-refractivity contribution is 7.98. The lowest BCUT2D eigenvalue weighted by molar-refractivity contribution is 0.796. The van der Waals surface area contributed by atoms with Crippen LogP contribution in [0.15, 0.2) is 23.4 Å². The molecule has 18 heavy (non-hydrogen) atoms. The third kappa shape index (κ3) is 2.58. The van der Waals surface area contributed by atoms with Gasteiger partial charge < -0.3 is 5.73 Å². The molecular weight excluding hydrogens is 270 g/mol. The van der Waals surface area contributed by atoms with E-state index in [-0.39, 0.29) is 0 Å². The zero-order chi connectivity index (χ0) is 13.1. The van der Waals surface area contributed by atoms with Crippen LogP contribution in [0, 0.1) is 11.3 Å². The van der Waals surface area contributed by atoms with Gasteiger partial charge in [0.25, 0.3) is 0 Å². The number of nitrogen functional groups attached to an aromatic ring is 1. The highest BCUT2D eigenvalue weighted by Gasteiger charge is 2.08. The van der Waals surface area contributed by atoms with Crippen molar-refractivity contribution in [2.75, 3.05) is 5.73 Å². The van der Waals surface area contributed by atoms with Crippen molar-refractivity contribution < 1.29 is 0 Å². The number of nitrogens with zero attached hydrogens (tertiary/aromatic N) is 4. The SMILES string of the molecule is Cn1c(N)nnc1SCc1ccc(C#N)cc1Cl. The van der Waals surface area contributed by atoms with Crippen molar-refractivity contribution in [3.8, 4) is 6.07 Å². The summed E-state index contributed by atoms with van der Waals surface area (Å²) in [4.78, 5) is 0. The second-order valence-electron chi connectivity index (χ2n) is 3.61. The molecule has 0 aliphatic heterocycles. The number of anilines is 1. The van der Waals surface area contributed by atoms with Crippen LogP contribution >= 0.6 is 23.4 Å². The van der Waals surface area contributed by atoms with Crippen LogP contribution in [0.2, 0.25) is 5.02 Å². The summed E-state index contributed by atoms with van der Waals surface area (Å²) in [5.41, 5.74) is 7.09. The quantitative estimate of drug-likeness (QED) is 0.871. The smallest absolute Gasteiger partial charge is 0.222 e. The fourth-order valence-corrected chi connectivity index (χ4v) is 2.58. The molecule has 92 valence electrons. The molecule has 0 aliphatic carbocycles. The number of nitrogens with two attached hydrogens (primary N) is 1. The zero-order valence-corrected chi connectivity index (χ0v) is 11.2. The van der Waals surface area contributed by atoms with Gasteiger partial charge in [0.2, 0.25) is 5.95 Å². The van der Waals surface area contributed by atoms with Gasteiger partial charge in [0.15, 0.2) is 5.16 Å². The van der Waals surface area contributed by atoms with Gasteiger partial charge in [0, 0.05) is 17.8 Å². The van der Waals surface area contributed by atoms with E-state index in [0.29, 0.717) is 22.3 Å². The topological polar surface area (TPSA) is 80.5 Å². The van der Waals surface area contributed by atoms with Gasteiger partial charge >= 0.3 is 0 Å². The minimum absolute atomic E-state index is 0.378. The van der Waals surface area contributed by atoms with Crippen LogP contribution in [0.25, 0.3) is 0 Å². The minimum Gasteiger partial charge on any atom is -0.368 e. The van der Waals surface area contributed by atoms with E-state index in [1.165, 1.54) is 11.8 Å². The van der Waals surface area contributed by atoms with E-state index in [1.54, 1.807) is 23.7 Å². The number of nitriles is 1. The molecule has 0 spiro atoms. The monoisotopic (exact) mass is 279 g/mol. The van der Waals surface area contributed by atoms with Gasteiger partial charge in [-0.1, -0.05) is 29.4 Å². The molecule has 1 aromatic carbocycles. The van der Waals surface area contributed by atoms with Crippen LogP contribution in [-0.4, -0.2) is 14.8 Å². The molecule has 5 nitrogen and oxygen atoms in total. The molecule has 0 saturated heterocycles. The van der Waals surface area contributed by atoms with Crippen molar-refractivity contribution >= 4 is 29.3 Å². The summed E-state index contributed by atoms with van der Waals surface area (Å²) >= 11 is 7.58. The zero-order valence-electron chi connectivity index (χ0n) is 9.59. The first-order valence-corrected chi connectivity index (χ1v) is 6.44. The third-order valence-electron chi connectivity index (χ3n) is 2.41. The van der Waals surface area contributed by atoms with Crippen molar-refractivity contribution in [2.24, 2.45) is 7.05 Å². The lowest BCUT2D eigenvalue weighted by Crippen LogP contribution is -1.98. The lowest BCUT2D eigenvalue weighted by atomic mass is 10.2. The van der Waals surface area contributed by atoms with E-state index in [0.717, 1.165) is 10.7 Å². The maximum Gasteiger partial charge on any atom is 0.222 e. The molecule has 2 N–H and O–H groups in total. The second kappa shape index (κ2) is 5.29. The van der Waals surface area contributed by atoms with Crippen molar-refractivity contribution in [3.63, 3.8) is 0 Å². The Kier molecular flexibility index (Phi) is 3.75. The molecule has 0 saturated carbocycles. The molecule has 0 unspecified atom stereocenters. The Morgan fingerprint density at radius 1 is 1.50 bits per heavy atom. The summed E-state index contributed by atoms with van der Waals surface area (Å²) in [7, 11) is 1.80. The van der Waals surface area contributed by atoms with Crippen LogP contribution in [0.4, 0.5) is 5.95 Å². The molecular formula is C11H10ClN5S. The number of aromatic nitrogens is 3. The Balaban J connectivity index is 2.11. The molecule has 0 fully saturated rings. The molecule has 1 aromatic heterocycles. The van der Waals surface area contributed by atoms with E-state index < -0.39 is 0 Å². The largest absolute Gasteiger partial charge is 0.368 e. The predicted molar refractivity (Wildman–Crippen MR) is 71.1 cm³/mol. The molecule has 1 heterocycles. The summed E-state index contributed by atoms with van der Waals surface area (Å²) in [5, 5.41) is 17.8. The summed E-state index contributed by atoms with van der Waals surface area (Å²) < 4.78 is 1.71. The molecule has 2 aromatic rings. The van der Waals surface area contributed by atoms with Gasteiger partial charge in [0.05, 0.1) is 11.6 Å². The molecule has 0 aliphatic rings. The molecule has 0 radical (unpaired) electrons. The normalized spacial score (nSPS) is 10.3. The van der Waals surface area contributed by atoms with E-state index >= 15 is 0 Å². The van der Waals surface area contributed by atoms with Gasteiger partial charge in [-0.15, -0.1) is 10.2 Å². The van der Waals surface area contributed by atoms with Gasteiger partial charge in [-0.2, -0.15) is 5.26 Å². The second-order valence-corrected chi connectivity index (χ2v) is 4.96. The first kappa shape index (κ1) is 12.7. The average molecular weight is 280 g/mol. The van der Waals surface area contributed by atoms with Gasteiger partial charge in [-0.3, -0.25) is 4.57 Å². The molecule has 0 atom stereocenters. The number of benzene rings is 1. The first-order chi connectivity index (χ1) is 8.61. The maximum atomic E-state index is 8.75. The molecule has 0 bridgehead atoms. The Morgan fingerprint density at radius 2 is 2.28 bits per heavy atom. The number of hydrogen-bond acceptors (Lipinski definition) is 5. The summed E-state index contributed by atoms with van der Waals surface area (Å²) in [5.74, 6) is 1.03. The Bertz CT molecular complexity index is 616. The molecule has 0 amide bonds. The number of rotatable bonds is 3. The van der Waals surface area contributed by atoms with Crippen LogP contribution in [-0.2, 0) is 12.8 Å². The first-order valence-electron chi connectivity index (χ1n) is 5.08. The van der Waals surface area contributed by atoms with E-state index in [4.69, 9.17) is 22.6 Å². The standard InChI is InChI=1S/C11H10ClN5S/c1-17-10(14)15-16-11(17)18-6-8-3-2-7(5-13)4-9(8)12/h2-4H,6H2,1H3,(H2,14,15). The van der Waals surface area contributed by atoms with Crippen LogP contribution < -0.4 is 5.73 Å². The van der Waals surface area contributed by atoms with E-state index in [2.05, 4.69) is 10.2 Å². The van der Waals surface area contributed by atoms with Crippen LogP contribution in [0.5, 0.6) is 0 Å². The van der Waals surface area contributed by atoms with Crippen molar-refractivity contribution in [2.45, 2.75) is 10.9 Å². The molecule has 7 heteroatoms. The van der Waals surface area contributed by atoms with Crippen molar-refractivity contribution in [1.82, 2.24) is 14.8 Å². The van der Waals surface area contributed by atoms with Crippen LogP contribution in [0.3, 0.4) is 0 Å². The Hall–Kier alpha value is -1.71.